The average Bonchev–Trinajstić information content (AvgIpc) is 2.85. The number of carbonyl (C=O) groups is 1. The van der Waals surface area contributed by atoms with E-state index in [0.29, 0.717) is 6.54 Å². The van der Waals surface area contributed by atoms with Crippen molar-refractivity contribution in [3.63, 3.8) is 0 Å². The van der Waals surface area contributed by atoms with Gasteiger partial charge in [0.25, 0.3) is 0 Å². The van der Waals surface area contributed by atoms with Crippen LogP contribution in [-0.2, 0) is 11.3 Å². The highest BCUT2D eigenvalue weighted by Crippen LogP contribution is 2.24. The molecule has 3 aromatic rings. The summed E-state index contributed by atoms with van der Waals surface area (Å²) >= 11 is 0. The molecule has 1 aliphatic rings. The number of nitrogens with one attached hydrogen (secondary N) is 1. The second kappa shape index (κ2) is 10.9. The third-order valence-electron chi connectivity index (χ3n) is 5.83. The zero-order valence-electron chi connectivity index (χ0n) is 18.5. The van der Waals surface area contributed by atoms with E-state index >= 15 is 0 Å². The highest BCUT2D eigenvalue weighted by Gasteiger charge is 2.22. The molecule has 166 valence electrons. The summed E-state index contributed by atoms with van der Waals surface area (Å²) in [5.74, 6) is 0.836. The van der Waals surface area contributed by atoms with Gasteiger partial charge in [0.1, 0.15) is 5.75 Å². The lowest BCUT2D eigenvalue weighted by Crippen LogP contribution is -2.49. The van der Waals surface area contributed by atoms with E-state index in [-0.39, 0.29) is 11.9 Å². The maximum absolute atomic E-state index is 13.0. The number of benzene rings is 2. The fourth-order valence-electron chi connectivity index (χ4n) is 4.04. The summed E-state index contributed by atoms with van der Waals surface area (Å²) in [7, 11) is 1.65. The zero-order chi connectivity index (χ0) is 22.2. The van der Waals surface area contributed by atoms with Crippen LogP contribution in [-0.4, -0.2) is 60.5 Å². The van der Waals surface area contributed by atoms with Crippen LogP contribution in [0.15, 0.2) is 79.0 Å². The Labute approximate surface area is 189 Å². The van der Waals surface area contributed by atoms with Crippen LogP contribution in [0, 0.1) is 0 Å². The van der Waals surface area contributed by atoms with Gasteiger partial charge in [0.2, 0.25) is 5.91 Å². The Kier molecular flexibility index (Phi) is 7.48. The summed E-state index contributed by atoms with van der Waals surface area (Å²) in [6.45, 7) is 4.87. The summed E-state index contributed by atoms with van der Waals surface area (Å²) in [6, 6.07) is 23.8. The van der Waals surface area contributed by atoms with Crippen molar-refractivity contribution in [3.8, 4) is 5.75 Å². The van der Waals surface area contributed by atoms with Gasteiger partial charge in [-0.15, -0.1) is 0 Å². The number of methoxy groups -OCH3 is 1. The third kappa shape index (κ3) is 5.93. The van der Waals surface area contributed by atoms with Gasteiger partial charge < -0.3 is 10.1 Å². The number of ether oxygens (including phenoxy) is 1. The molecule has 4 rings (SSSR count). The van der Waals surface area contributed by atoms with Gasteiger partial charge in [0.15, 0.2) is 0 Å². The van der Waals surface area contributed by atoms with E-state index in [4.69, 9.17) is 4.74 Å². The van der Waals surface area contributed by atoms with Gasteiger partial charge in [-0.1, -0.05) is 48.5 Å². The second-order valence-electron chi connectivity index (χ2n) is 8.06. The summed E-state index contributed by atoms with van der Waals surface area (Å²) in [6.07, 6.45) is 1.84. The van der Waals surface area contributed by atoms with Crippen LogP contribution in [0.3, 0.4) is 0 Å². The molecule has 1 aromatic heterocycles. The monoisotopic (exact) mass is 430 g/mol. The van der Waals surface area contributed by atoms with Crippen LogP contribution in [0.2, 0.25) is 0 Å². The zero-order valence-corrected chi connectivity index (χ0v) is 18.5. The first-order valence-corrected chi connectivity index (χ1v) is 11.0. The summed E-state index contributed by atoms with van der Waals surface area (Å²) in [5.41, 5.74) is 3.18. The highest BCUT2D eigenvalue weighted by atomic mass is 16.5. The predicted molar refractivity (Wildman–Crippen MR) is 125 cm³/mol. The standard InChI is InChI=1S/C26H30N4O2/c1-32-24-12-10-22(11-13-24)26(21-7-3-2-4-8-21)28-25(31)20-30-17-15-29(16-18-30)19-23-9-5-6-14-27-23/h2-14,26H,15-20H2,1H3,(H,28,31)/t26-/m0/s1. The molecule has 1 saturated heterocycles. The molecule has 0 saturated carbocycles. The number of carbonyl (C=O) groups excluding carboxylic acids is 1. The molecule has 1 N–H and O–H groups in total. The lowest BCUT2D eigenvalue weighted by Gasteiger charge is -2.34. The number of hydrogen-bond acceptors (Lipinski definition) is 5. The molecule has 0 bridgehead atoms. The Morgan fingerprint density at radius 2 is 1.56 bits per heavy atom. The Bertz CT molecular complexity index is 972. The fourth-order valence-corrected chi connectivity index (χ4v) is 4.04. The summed E-state index contributed by atoms with van der Waals surface area (Å²) in [4.78, 5) is 22.0. The van der Waals surface area contributed by atoms with Crippen LogP contribution in [0.5, 0.6) is 5.75 Å². The minimum absolute atomic E-state index is 0.0350. The number of rotatable bonds is 8. The molecule has 6 heteroatoms. The highest BCUT2D eigenvalue weighted by molar-refractivity contribution is 5.79. The summed E-state index contributed by atoms with van der Waals surface area (Å²) < 4.78 is 5.28. The maximum atomic E-state index is 13.0. The molecule has 0 unspecified atom stereocenters. The predicted octanol–water partition coefficient (Wildman–Crippen LogP) is 3.11. The number of pyridine rings is 1. The molecule has 2 aromatic carbocycles. The molecule has 2 heterocycles. The van der Waals surface area contributed by atoms with Crippen molar-refractivity contribution in [1.29, 1.82) is 0 Å². The van der Waals surface area contributed by atoms with Crippen molar-refractivity contribution >= 4 is 5.91 Å². The SMILES string of the molecule is COc1ccc([C@@H](NC(=O)CN2CCN(Cc3ccccn3)CC2)c2ccccc2)cc1. The van der Waals surface area contributed by atoms with Crippen molar-refractivity contribution < 1.29 is 9.53 Å². The van der Waals surface area contributed by atoms with Gasteiger partial charge in [-0.3, -0.25) is 19.6 Å². The van der Waals surface area contributed by atoms with Gasteiger partial charge in [-0.25, -0.2) is 0 Å². The topological polar surface area (TPSA) is 57.7 Å². The van der Waals surface area contributed by atoms with Gasteiger partial charge in [-0.05, 0) is 35.4 Å². The number of piperazine rings is 1. The van der Waals surface area contributed by atoms with Gasteiger partial charge in [0.05, 0.1) is 25.4 Å². The number of amides is 1. The lowest BCUT2D eigenvalue weighted by molar-refractivity contribution is -0.123. The number of aromatic nitrogens is 1. The lowest BCUT2D eigenvalue weighted by atomic mass is 9.98. The van der Waals surface area contributed by atoms with Gasteiger partial charge >= 0.3 is 0 Å². The number of hydrogen-bond donors (Lipinski definition) is 1. The average molecular weight is 431 g/mol. The fraction of sp³-hybridized carbons (Fsp3) is 0.308. The molecular formula is C26H30N4O2. The van der Waals surface area contributed by atoms with Crippen molar-refractivity contribution in [2.75, 3.05) is 39.8 Å². The van der Waals surface area contributed by atoms with Crippen LogP contribution in [0.25, 0.3) is 0 Å². The molecular weight excluding hydrogens is 400 g/mol. The van der Waals surface area contributed by atoms with E-state index in [9.17, 15) is 4.79 Å². The molecule has 0 aliphatic carbocycles. The molecule has 6 nitrogen and oxygen atoms in total. The molecule has 1 aliphatic heterocycles. The van der Waals surface area contributed by atoms with Crippen LogP contribution >= 0.6 is 0 Å². The van der Waals surface area contributed by atoms with Crippen molar-refractivity contribution in [2.24, 2.45) is 0 Å². The molecule has 32 heavy (non-hydrogen) atoms. The van der Waals surface area contributed by atoms with E-state index in [1.54, 1.807) is 7.11 Å². The maximum Gasteiger partial charge on any atom is 0.234 e. The van der Waals surface area contributed by atoms with Crippen LogP contribution in [0.1, 0.15) is 22.9 Å². The molecule has 1 atom stereocenters. The quantitative estimate of drug-likeness (QED) is 0.595. The molecule has 0 spiro atoms. The largest absolute Gasteiger partial charge is 0.497 e. The first-order chi connectivity index (χ1) is 15.7. The Morgan fingerprint density at radius 3 is 2.22 bits per heavy atom. The van der Waals surface area contributed by atoms with Crippen LogP contribution in [0.4, 0.5) is 0 Å². The smallest absolute Gasteiger partial charge is 0.234 e. The van der Waals surface area contributed by atoms with E-state index < -0.39 is 0 Å². The van der Waals surface area contributed by atoms with Crippen molar-refractivity contribution in [2.45, 2.75) is 12.6 Å². The van der Waals surface area contributed by atoms with Crippen LogP contribution < -0.4 is 10.1 Å². The van der Waals surface area contributed by atoms with Crippen molar-refractivity contribution in [3.05, 3.63) is 95.8 Å². The summed E-state index contributed by atoms with van der Waals surface area (Å²) in [5, 5.41) is 3.24. The molecule has 0 radical (unpaired) electrons. The first-order valence-electron chi connectivity index (χ1n) is 11.0. The third-order valence-corrected chi connectivity index (χ3v) is 5.83. The number of nitrogens with zero attached hydrogens (tertiary/aromatic N) is 3. The first kappa shape index (κ1) is 22.0. The van der Waals surface area contributed by atoms with E-state index in [2.05, 4.69) is 26.2 Å². The Balaban J connectivity index is 1.34. The minimum Gasteiger partial charge on any atom is -0.497 e. The normalized spacial score (nSPS) is 15.8. The second-order valence-corrected chi connectivity index (χ2v) is 8.06. The molecule has 1 amide bonds. The molecule has 1 fully saturated rings. The van der Waals surface area contributed by atoms with Crippen molar-refractivity contribution in [1.82, 2.24) is 20.1 Å². The van der Waals surface area contributed by atoms with Gasteiger partial charge in [-0.2, -0.15) is 0 Å². The van der Waals surface area contributed by atoms with Gasteiger partial charge in [0, 0.05) is 38.9 Å². The Hall–Kier alpha value is -3.22. The van der Waals surface area contributed by atoms with E-state index in [0.717, 1.165) is 55.3 Å². The van der Waals surface area contributed by atoms with E-state index in [1.165, 1.54) is 0 Å². The minimum atomic E-state index is -0.194. The van der Waals surface area contributed by atoms with E-state index in [1.807, 2.05) is 72.9 Å². The Morgan fingerprint density at radius 1 is 0.906 bits per heavy atom.